The minimum atomic E-state index is -0.633. The van der Waals surface area contributed by atoms with E-state index in [0.717, 1.165) is 5.56 Å². The Kier molecular flexibility index (Phi) is 4.14. The first-order chi connectivity index (χ1) is 15.0. The Balaban J connectivity index is 1.82. The number of aromatic nitrogens is 5. The van der Waals surface area contributed by atoms with E-state index in [2.05, 4.69) is 20.3 Å². The number of para-hydroxylation sites is 2. The highest BCUT2D eigenvalue weighted by atomic mass is 16.3. The number of rotatable bonds is 3. The van der Waals surface area contributed by atoms with Gasteiger partial charge in [0.05, 0.1) is 0 Å². The molecule has 2 heterocycles. The molecule has 152 valence electrons. The topological polar surface area (TPSA) is 137 Å². The summed E-state index contributed by atoms with van der Waals surface area (Å²) in [7, 11) is 0. The lowest BCUT2D eigenvalue weighted by Gasteiger charge is -2.05. The number of benzene rings is 3. The van der Waals surface area contributed by atoms with Crippen molar-refractivity contribution in [3.05, 3.63) is 66.7 Å². The van der Waals surface area contributed by atoms with E-state index in [-0.39, 0.29) is 17.1 Å². The van der Waals surface area contributed by atoms with Crippen molar-refractivity contribution in [2.75, 3.05) is 0 Å². The summed E-state index contributed by atoms with van der Waals surface area (Å²) >= 11 is 0. The lowest BCUT2D eigenvalue weighted by atomic mass is 10.1. The van der Waals surface area contributed by atoms with Gasteiger partial charge in [-0.15, -0.1) is 10.2 Å². The average molecular weight is 413 g/mol. The predicted molar refractivity (Wildman–Crippen MR) is 112 cm³/mol. The quantitative estimate of drug-likeness (QED) is 0.330. The van der Waals surface area contributed by atoms with Crippen LogP contribution in [0.25, 0.3) is 39.5 Å². The highest BCUT2D eigenvalue weighted by Crippen LogP contribution is 2.40. The summed E-state index contributed by atoms with van der Waals surface area (Å²) < 4.78 is 1.38. The fourth-order valence-electron chi connectivity index (χ4n) is 3.27. The van der Waals surface area contributed by atoms with Crippen molar-refractivity contribution >= 4 is 11.2 Å². The van der Waals surface area contributed by atoms with E-state index in [4.69, 9.17) is 0 Å². The van der Waals surface area contributed by atoms with Crippen molar-refractivity contribution in [3.8, 4) is 51.3 Å². The van der Waals surface area contributed by atoms with Crippen molar-refractivity contribution in [1.82, 2.24) is 25.0 Å². The molecule has 31 heavy (non-hydrogen) atoms. The molecule has 9 nitrogen and oxygen atoms in total. The van der Waals surface area contributed by atoms with Gasteiger partial charge in [-0.05, 0) is 24.3 Å². The van der Waals surface area contributed by atoms with Gasteiger partial charge in [0, 0.05) is 11.1 Å². The van der Waals surface area contributed by atoms with Gasteiger partial charge in [-0.2, -0.15) is 5.10 Å². The number of phenols is 4. The molecule has 5 aromatic rings. The molecular formula is C22H15N5O4. The van der Waals surface area contributed by atoms with E-state index in [1.807, 2.05) is 30.3 Å². The van der Waals surface area contributed by atoms with E-state index in [9.17, 15) is 20.4 Å². The van der Waals surface area contributed by atoms with E-state index in [0.29, 0.717) is 22.6 Å². The zero-order valence-corrected chi connectivity index (χ0v) is 15.9. The van der Waals surface area contributed by atoms with Crippen LogP contribution in [0, 0.1) is 0 Å². The number of aromatic hydroxyl groups is 4. The number of hydrogen-bond acceptors (Lipinski definition) is 8. The third-order valence-corrected chi connectivity index (χ3v) is 4.78. The standard InChI is InChI=1S/C22H15N5O4/c28-15-9-5-4-8-14(15)27-22-19(23-21(24-25-22)12-6-2-1-3-7-12)18(26-27)13-10-16(29)20(31)17(30)11-13/h1-11,28-31H. The molecule has 0 saturated heterocycles. The van der Waals surface area contributed by atoms with Crippen LogP contribution in [0.5, 0.6) is 23.0 Å². The summed E-state index contributed by atoms with van der Waals surface area (Å²) in [6.07, 6.45) is 0. The van der Waals surface area contributed by atoms with E-state index < -0.39 is 17.2 Å². The molecular weight excluding hydrogens is 398 g/mol. The molecule has 4 N–H and O–H groups in total. The van der Waals surface area contributed by atoms with Crippen LogP contribution in [-0.4, -0.2) is 45.4 Å². The van der Waals surface area contributed by atoms with Gasteiger partial charge in [-0.25, -0.2) is 9.67 Å². The summed E-state index contributed by atoms with van der Waals surface area (Å²) in [5.74, 6) is -1.32. The zero-order chi connectivity index (χ0) is 21.5. The van der Waals surface area contributed by atoms with Crippen LogP contribution in [0.4, 0.5) is 0 Å². The first kappa shape index (κ1) is 18.4. The number of phenolic OH excluding ortho intramolecular Hbond substituents is 4. The van der Waals surface area contributed by atoms with Gasteiger partial charge in [-0.1, -0.05) is 42.5 Å². The Morgan fingerprint density at radius 3 is 2.06 bits per heavy atom. The van der Waals surface area contributed by atoms with E-state index in [1.165, 1.54) is 22.9 Å². The van der Waals surface area contributed by atoms with Crippen LogP contribution >= 0.6 is 0 Å². The maximum Gasteiger partial charge on any atom is 0.204 e. The lowest BCUT2D eigenvalue weighted by Crippen LogP contribution is -2.00. The largest absolute Gasteiger partial charge is 0.506 e. The molecule has 0 fully saturated rings. The second-order valence-electron chi connectivity index (χ2n) is 6.79. The lowest BCUT2D eigenvalue weighted by molar-refractivity contribution is 0.368. The fraction of sp³-hybridized carbons (Fsp3) is 0. The smallest absolute Gasteiger partial charge is 0.204 e. The Bertz CT molecular complexity index is 1410. The number of fused-ring (bicyclic) bond motifs is 1. The molecule has 0 saturated carbocycles. The van der Waals surface area contributed by atoms with Gasteiger partial charge >= 0.3 is 0 Å². The van der Waals surface area contributed by atoms with Crippen LogP contribution in [-0.2, 0) is 0 Å². The SMILES string of the molecule is Oc1ccccc1-n1nc(-c2cc(O)c(O)c(O)c2)c2nc(-c3ccccc3)nnc21. The minimum absolute atomic E-state index is 0.0243. The van der Waals surface area contributed by atoms with Crippen molar-refractivity contribution in [3.63, 3.8) is 0 Å². The molecule has 5 rings (SSSR count). The molecule has 3 aromatic carbocycles. The van der Waals surface area contributed by atoms with Crippen molar-refractivity contribution in [2.24, 2.45) is 0 Å². The predicted octanol–water partition coefficient (Wildman–Crippen LogP) is 3.37. The molecule has 0 amide bonds. The minimum Gasteiger partial charge on any atom is -0.506 e. The van der Waals surface area contributed by atoms with Gasteiger partial charge in [0.2, 0.25) is 5.65 Å². The Hall–Kier alpha value is -4.66. The summed E-state index contributed by atoms with van der Waals surface area (Å²) in [4.78, 5) is 4.62. The molecule has 0 unspecified atom stereocenters. The highest BCUT2D eigenvalue weighted by Gasteiger charge is 2.21. The third-order valence-electron chi connectivity index (χ3n) is 4.78. The summed E-state index contributed by atoms with van der Waals surface area (Å²) in [6, 6.07) is 18.4. The summed E-state index contributed by atoms with van der Waals surface area (Å²) in [6.45, 7) is 0. The van der Waals surface area contributed by atoms with E-state index >= 15 is 0 Å². The van der Waals surface area contributed by atoms with Crippen LogP contribution in [0.3, 0.4) is 0 Å². The summed E-state index contributed by atoms with van der Waals surface area (Å²) in [5, 5.41) is 53.0. The van der Waals surface area contributed by atoms with Gasteiger partial charge in [0.1, 0.15) is 22.6 Å². The Morgan fingerprint density at radius 1 is 0.677 bits per heavy atom. The monoisotopic (exact) mass is 413 g/mol. The van der Waals surface area contributed by atoms with Gasteiger partial charge in [0.15, 0.2) is 23.1 Å². The highest BCUT2D eigenvalue weighted by molar-refractivity contribution is 5.90. The molecule has 0 aliphatic heterocycles. The number of hydrogen-bond donors (Lipinski definition) is 4. The van der Waals surface area contributed by atoms with Crippen LogP contribution in [0.15, 0.2) is 66.7 Å². The van der Waals surface area contributed by atoms with Crippen LogP contribution in [0.1, 0.15) is 0 Å². The fourth-order valence-corrected chi connectivity index (χ4v) is 3.27. The maximum absolute atomic E-state index is 10.3. The first-order valence-electron chi connectivity index (χ1n) is 9.25. The normalized spacial score (nSPS) is 11.1. The molecule has 0 aliphatic carbocycles. The number of nitrogens with zero attached hydrogens (tertiary/aromatic N) is 5. The maximum atomic E-state index is 10.3. The zero-order valence-electron chi connectivity index (χ0n) is 15.9. The van der Waals surface area contributed by atoms with Crippen LogP contribution in [0.2, 0.25) is 0 Å². The molecule has 0 spiro atoms. The van der Waals surface area contributed by atoms with Gasteiger partial charge in [-0.3, -0.25) is 0 Å². The molecule has 0 bridgehead atoms. The van der Waals surface area contributed by atoms with Crippen molar-refractivity contribution < 1.29 is 20.4 Å². The van der Waals surface area contributed by atoms with E-state index in [1.54, 1.807) is 18.2 Å². The van der Waals surface area contributed by atoms with Gasteiger partial charge in [0.25, 0.3) is 0 Å². The third kappa shape index (κ3) is 3.04. The average Bonchev–Trinajstić information content (AvgIpc) is 3.17. The Morgan fingerprint density at radius 2 is 1.35 bits per heavy atom. The Labute approximate surface area is 175 Å². The molecule has 0 aliphatic rings. The van der Waals surface area contributed by atoms with Crippen molar-refractivity contribution in [2.45, 2.75) is 0 Å². The molecule has 2 aromatic heterocycles. The first-order valence-corrected chi connectivity index (χ1v) is 9.25. The summed E-state index contributed by atoms with van der Waals surface area (Å²) in [5.41, 5.74) is 2.27. The molecule has 9 heteroatoms. The molecule has 0 radical (unpaired) electrons. The van der Waals surface area contributed by atoms with Crippen molar-refractivity contribution in [1.29, 1.82) is 0 Å². The second-order valence-corrected chi connectivity index (χ2v) is 6.79. The van der Waals surface area contributed by atoms with Gasteiger partial charge < -0.3 is 20.4 Å². The molecule has 0 atom stereocenters. The second kappa shape index (κ2) is 6.99. The van der Waals surface area contributed by atoms with Crippen LogP contribution < -0.4 is 0 Å².